The topological polar surface area (TPSA) is 46.3 Å². The van der Waals surface area contributed by atoms with Gasteiger partial charge in [0.2, 0.25) is 5.91 Å². The van der Waals surface area contributed by atoms with Gasteiger partial charge in [-0.1, -0.05) is 19.1 Å². The van der Waals surface area contributed by atoms with Crippen LogP contribution in [0.1, 0.15) is 32.8 Å². The molecule has 0 saturated carbocycles. The Hall–Kier alpha value is -1.51. The molecule has 0 aromatic heterocycles. The van der Waals surface area contributed by atoms with E-state index < -0.39 is 5.41 Å². The molecular formula is C14H22N2O. The Morgan fingerprint density at radius 3 is 2.29 bits per heavy atom. The summed E-state index contributed by atoms with van der Waals surface area (Å²) in [4.78, 5) is 14.1. The Morgan fingerprint density at radius 1 is 1.29 bits per heavy atom. The van der Waals surface area contributed by atoms with E-state index in [1.54, 1.807) is 4.90 Å². The van der Waals surface area contributed by atoms with E-state index in [1.165, 1.54) is 0 Å². The molecule has 1 rings (SSSR count). The molecule has 0 saturated heterocycles. The van der Waals surface area contributed by atoms with E-state index in [0.29, 0.717) is 0 Å². The lowest BCUT2D eigenvalue weighted by atomic mass is 9.83. The zero-order valence-electron chi connectivity index (χ0n) is 11.2. The van der Waals surface area contributed by atoms with Gasteiger partial charge in [-0.05, 0) is 38.0 Å². The van der Waals surface area contributed by atoms with Gasteiger partial charge in [0.05, 0.1) is 5.41 Å². The van der Waals surface area contributed by atoms with Crippen molar-refractivity contribution in [3.05, 3.63) is 29.8 Å². The van der Waals surface area contributed by atoms with Gasteiger partial charge in [0.25, 0.3) is 0 Å². The molecule has 0 radical (unpaired) electrons. The summed E-state index contributed by atoms with van der Waals surface area (Å²) in [6.45, 7) is 6.76. The Labute approximate surface area is 104 Å². The number of carbonyl (C=O) groups is 1. The van der Waals surface area contributed by atoms with Crippen LogP contribution in [0, 0.1) is 0 Å². The number of benzene rings is 1. The van der Waals surface area contributed by atoms with Gasteiger partial charge in [0, 0.05) is 19.3 Å². The molecule has 0 spiro atoms. The summed E-state index contributed by atoms with van der Waals surface area (Å²) >= 11 is 0. The highest BCUT2D eigenvalue weighted by Gasteiger charge is 2.31. The average Bonchev–Trinajstić information content (AvgIpc) is 2.29. The van der Waals surface area contributed by atoms with Gasteiger partial charge in [-0.15, -0.1) is 0 Å². The molecule has 0 unspecified atom stereocenters. The van der Waals surface area contributed by atoms with Crippen LogP contribution in [0.25, 0.3) is 0 Å². The van der Waals surface area contributed by atoms with Gasteiger partial charge in [0.15, 0.2) is 0 Å². The van der Waals surface area contributed by atoms with Gasteiger partial charge < -0.3 is 10.6 Å². The van der Waals surface area contributed by atoms with Crippen molar-refractivity contribution < 1.29 is 4.79 Å². The first-order valence-electron chi connectivity index (χ1n) is 6.01. The highest BCUT2D eigenvalue weighted by atomic mass is 16.2. The van der Waals surface area contributed by atoms with E-state index in [9.17, 15) is 4.79 Å². The third kappa shape index (κ3) is 2.99. The van der Waals surface area contributed by atoms with E-state index in [-0.39, 0.29) is 5.91 Å². The molecule has 0 aliphatic rings. The van der Waals surface area contributed by atoms with E-state index >= 15 is 0 Å². The van der Waals surface area contributed by atoms with Crippen LogP contribution in [0.4, 0.5) is 5.69 Å². The summed E-state index contributed by atoms with van der Waals surface area (Å²) in [6.07, 6.45) is 0.972. The van der Waals surface area contributed by atoms with E-state index in [0.717, 1.165) is 24.2 Å². The lowest BCUT2D eigenvalue weighted by Crippen LogP contribution is -2.41. The lowest BCUT2D eigenvalue weighted by molar-refractivity contribution is -0.134. The molecular weight excluding hydrogens is 212 g/mol. The lowest BCUT2D eigenvalue weighted by Gasteiger charge is -2.29. The average molecular weight is 234 g/mol. The van der Waals surface area contributed by atoms with Crippen LogP contribution in [0.5, 0.6) is 0 Å². The number of anilines is 1. The summed E-state index contributed by atoms with van der Waals surface area (Å²) in [6, 6.07) is 7.52. The first-order valence-corrected chi connectivity index (χ1v) is 6.01. The van der Waals surface area contributed by atoms with Crippen LogP contribution < -0.4 is 5.73 Å². The molecule has 1 amide bonds. The molecule has 0 heterocycles. The summed E-state index contributed by atoms with van der Waals surface area (Å²) in [5, 5.41) is 0. The maximum absolute atomic E-state index is 12.3. The molecule has 1 aromatic rings. The number of nitrogens with zero attached hydrogens (tertiary/aromatic N) is 1. The Morgan fingerprint density at radius 2 is 1.82 bits per heavy atom. The molecule has 0 fully saturated rings. The Kier molecular flexibility index (Phi) is 4.16. The van der Waals surface area contributed by atoms with E-state index in [4.69, 9.17) is 5.73 Å². The van der Waals surface area contributed by atoms with Crippen molar-refractivity contribution >= 4 is 11.6 Å². The quantitative estimate of drug-likeness (QED) is 0.813. The standard InChI is InChI=1S/C14H22N2O/c1-5-10-16(4)13(17)14(2,3)11-6-8-12(15)9-7-11/h6-9H,5,10,15H2,1-4H3. The van der Waals surface area contributed by atoms with Crippen LogP contribution >= 0.6 is 0 Å². The molecule has 17 heavy (non-hydrogen) atoms. The van der Waals surface area contributed by atoms with Crippen molar-refractivity contribution in [3.63, 3.8) is 0 Å². The fraction of sp³-hybridized carbons (Fsp3) is 0.500. The summed E-state index contributed by atoms with van der Waals surface area (Å²) in [7, 11) is 1.85. The van der Waals surface area contributed by atoms with Crippen LogP contribution in [-0.4, -0.2) is 24.4 Å². The number of hydrogen-bond acceptors (Lipinski definition) is 2. The molecule has 0 bridgehead atoms. The molecule has 3 nitrogen and oxygen atoms in total. The molecule has 0 aliphatic carbocycles. The van der Waals surface area contributed by atoms with Crippen LogP contribution in [0.2, 0.25) is 0 Å². The molecule has 2 N–H and O–H groups in total. The first-order chi connectivity index (χ1) is 7.89. The van der Waals surface area contributed by atoms with Crippen molar-refractivity contribution in [2.45, 2.75) is 32.6 Å². The largest absolute Gasteiger partial charge is 0.399 e. The van der Waals surface area contributed by atoms with Crippen LogP contribution in [0.15, 0.2) is 24.3 Å². The maximum Gasteiger partial charge on any atom is 0.232 e. The second kappa shape index (κ2) is 5.21. The number of amides is 1. The van der Waals surface area contributed by atoms with Gasteiger partial charge >= 0.3 is 0 Å². The molecule has 1 aromatic carbocycles. The third-order valence-corrected chi connectivity index (χ3v) is 3.07. The number of hydrogen-bond donors (Lipinski definition) is 1. The highest BCUT2D eigenvalue weighted by molar-refractivity contribution is 5.87. The second-order valence-electron chi connectivity index (χ2n) is 4.97. The van der Waals surface area contributed by atoms with Gasteiger partial charge in [-0.2, -0.15) is 0 Å². The van der Waals surface area contributed by atoms with Gasteiger partial charge in [0.1, 0.15) is 0 Å². The Bertz CT molecular complexity index is 382. The monoisotopic (exact) mass is 234 g/mol. The molecule has 94 valence electrons. The van der Waals surface area contributed by atoms with Crippen LogP contribution in [0.3, 0.4) is 0 Å². The molecule has 0 aliphatic heterocycles. The predicted octanol–water partition coefficient (Wildman–Crippen LogP) is 2.41. The van der Waals surface area contributed by atoms with E-state index in [2.05, 4.69) is 6.92 Å². The van der Waals surface area contributed by atoms with Crippen molar-refractivity contribution in [3.8, 4) is 0 Å². The number of likely N-dealkylation sites (N-methyl/N-ethyl adjacent to an activating group) is 1. The van der Waals surface area contributed by atoms with Gasteiger partial charge in [-0.25, -0.2) is 0 Å². The smallest absolute Gasteiger partial charge is 0.232 e. The first kappa shape index (κ1) is 13.6. The number of nitrogen functional groups attached to an aromatic ring is 1. The van der Waals surface area contributed by atoms with Crippen molar-refractivity contribution in [1.82, 2.24) is 4.90 Å². The Balaban J connectivity index is 2.93. The number of nitrogens with two attached hydrogens (primary N) is 1. The minimum atomic E-state index is -0.502. The minimum Gasteiger partial charge on any atom is -0.399 e. The number of carbonyl (C=O) groups excluding carboxylic acids is 1. The zero-order valence-corrected chi connectivity index (χ0v) is 11.2. The van der Waals surface area contributed by atoms with Gasteiger partial charge in [-0.3, -0.25) is 4.79 Å². The minimum absolute atomic E-state index is 0.143. The molecule has 3 heteroatoms. The van der Waals surface area contributed by atoms with Crippen molar-refractivity contribution in [2.24, 2.45) is 0 Å². The summed E-state index contributed by atoms with van der Waals surface area (Å²) < 4.78 is 0. The SMILES string of the molecule is CCCN(C)C(=O)C(C)(C)c1ccc(N)cc1. The highest BCUT2D eigenvalue weighted by Crippen LogP contribution is 2.26. The zero-order chi connectivity index (χ0) is 13.1. The van der Waals surface area contributed by atoms with Crippen molar-refractivity contribution in [2.75, 3.05) is 19.3 Å². The third-order valence-electron chi connectivity index (χ3n) is 3.07. The second-order valence-corrected chi connectivity index (χ2v) is 4.97. The maximum atomic E-state index is 12.3. The van der Waals surface area contributed by atoms with Crippen molar-refractivity contribution in [1.29, 1.82) is 0 Å². The van der Waals surface area contributed by atoms with Crippen LogP contribution in [-0.2, 0) is 10.2 Å². The number of rotatable bonds is 4. The van der Waals surface area contributed by atoms with E-state index in [1.807, 2.05) is 45.2 Å². The fourth-order valence-corrected chi connectivity index (χ4v) is 1.94. The normalized spacial score (nSPS) is 11.3. The summed E-state index contributed by atoms with van der Waals surface area (Å²) in [5.74, 6) is 0.143. The predicted molar refractivity (Wildman–Crippen MR) is 71.8 cm³/mol. The fourth-order valence-electron chi connectivity index (χ4n) is 1.94. The molecule has 0 atom stereocenters. The summed E-state index contributed by atoms with van der Waals surface area (Å²) in [5.41, 5.74) is 6.88.